The fourth-order valence-electron chi connectivity index (χ4n) is 1.07. The van der Waals surface area contributed by atoms with Crippen molar-refractivity contribution in [1.82, 2.24) is 0 Å². The van der Waals surface area contributed by atoms with E-state index >= 15 is 0 Å². The Morgan fingerprint density at radius 3 is 2.79 bits per heavy atom. The average Bonchev–Trinajstić information content (AvgIpc) is 2.18. The molecule has 14 heavy (non-hydrogen) atoms. The van der Waals surface area contributed by atoms with Crippen molar-refractivity contribution < 1.29 is 14.3 Å². The molecule has 0 N–H and O–H groups in total. The van der Waals surface area contributed by atoms with Gasteiger partial charge in [-0.05, 0) is 18.9 Å². The van der Waals surface area contributed by atoms with E-state index < -0.39 is 6.16 Å². The zero-order valence-electron chi connectivity index (χ0n) is 8.91. The van der Waals surface area contributed by atoms with Crippen LogP contribution in [0.4, 0.5) is 4.79 Å². The van der Waals surface area contributed by atoms with Gasteiger partial charge >= 0.3 is 6.16 Å². The third-order valence-corrected chi connectivity index (χ3v) is 1.81. The van der Waals surface area contributed by atoms with Crippen molar-refractivity contribution in [3.63, 3.8) is 0 Å². The van der Waals surface area contributed by atoms with Gasteiger partial charge in [-0.1, -0.05) is 26.3 Å². The minimum absolute atomic E-state index is 0.258. The van der Waals surface area contributed by atoms with Crippen LogP contribution < -0.4 is 0 Å². The molecule has 0 aliphatic carbocycles. The molecular formula is C11H18O3. The van der Waals surface area contributed by atoms with Crippen LogP contribution in [0.3, 0.4) is 0 Å². The molecule has 80 valence electrons. The van der Waals surface area contributed by atoms with Gasteiger partial charge in [-0.25, -0.2) is 4.79 Å². The molecule has 0 fully saturated rings. The number of hydrogen-bond donors (Lipinski definition) is 0. The Labute approximate surface area is 85.4 Å². The van der Waals surface area contributed by atoms with Crippen LogP contribution in [0.25, 0.3) is 0 Å². The summed E-state index contributed by atoms with van der Waals surface area (Å²) >= 11 is 0. The highest BCUT2D eigenvalue weighted by atomic mass is 16.7. The van der Waals surface area contributed by atoms with E-state index in [1.807, 2.05) is 0 Å². The third-order valence-electron chi connectivity index (χ3n) is 1.81. The summed E-state index contributed by atoms with van der Waals surface area (Å²) in [5, 5.41) is 0. The second-order valence-corrected chi connectivity index (χ2v) is 2.98. The highest BCUT2D eigenvalue weighted by Crippen LogP contribution is 2.08. The van der Waals surface area contributed by atoms with Crippen molar-refractivity contribution in [1.29, 1.82) is 0 Å². The molecule has 0 heterocycles. The van der Waals surface area contributed by atoms with E-state index in [2.05, 4.69) is 24.0 Å². The number of methoxy groups -OCH3 is 1. The molecule has 0 saturated carbocycles. The standard InChI is InChI=1S/C11H18O3/c1-4-6-7-9-10(8-5-2)14-11(12)13-3/h8,10H,2,4,6-7,9H2,1,3H3. The molecular weight excluding hydrogens is 180 g/mol. The van der Waals surface area contributed by atoms with Crippen molar-refractivity contribution in [3.05, 3.63) is 18.4 Å². The van der Waals surface area contributed by atoms with E-state index in [-0.39, 0.29) is 6.10 Å². The molecule has 0 radical (unpaired) electrons. The number of unbranched alkanes of at least 4 members (excludes halogenated alkanes) is 2. The Morgan fingerprint density at radius 2 is 2.29 bits per heavy atom. The molecule has 0 rings (SSSR count). The van der Waals surface area contributed by atoms with Crippen LogP contribution in [0.15, 0.2) is 18.4 Å². The van der Waals surface area contributed by atoms with Crippen molar-refractivity contribution in [2.24, 2.45) is 0 Å². The topological polar surface area (TPSA) is 35.5 Å². The van der Waals surface area contributed by atoms with Crippen LogP contribution in [0, 0.1) is 0 Å². The molecule has 3 nitrogen and oxygen atoms in total. The Kier molecular flexibility index (Phi) is 7.67. The predicted molar refractivity (Wildman–Crippen MR) is 55.1 cm³/mol. The maximum Gasteiger partial charge on any atom is 0.508 e. The maximum atomic E-state index is 10.8. The second-order valence-electron chi connectivity index (χ2n) is 2.98. The first kappa shape index (κ1) is 12.8. The fraction of sp³-hybridized carbons (Fsp3) is 0.636. The van der Waals surface area contributed by atoms with Crippen LogP contribution in [0.5, 0.6) is 0 Å². The largest absolute Gasteiger partial charge is 0.508 e. The Bertz CT molecular complexity index is 205. The van der Waals surface area contributed by atoms with Gasteiger partial charge in [0.1, 0.15) is 6.10 Å². The number of hydrogen-bond acceptors (Lipinski definition) is 3. The molecule has 0 saturated heterocycles. The summed E-state index contributed by atoms with van der Waals surface area (Å²) in [6, 6.07) is 0. The monoisotopic (exact) mass is 198 g/mol. The lowest BCUT2D eigenvalue weighted by atomic mass is 10.1. The van der Waals surface area contributed by atoms with Crippen molar-refractivity contribution >= 4 is 6.16 Å². The van der Waals surface area contributed by atoms with E-state index in [4.69, 9.17) is 4.74 Å². The van der Waals surface area contributed by atoms with Crippen LogP contribution in [0.1, 0.15) is 32.6 Å². The molecule has 0 aromatic carbocycles. The van der Waals surface area contributed by atoms with Gasteiger partial charge in [-0.15, -0.1) is 5.73 Å². The van der Waals surface area contributed by atoms with Crippen LogP contribution >= 0.6 is 0 Å². The van der Waals surface area contributed by atoms with E-state index in [1.165, 1.54) is 7.11 Å². The summed E-state index contributed by atoms with van der Waals surface area (Å²) in [6.07, 6.45) is 4.83. The summed E-state index contributed by atoms with van der Waals surface area (Å²) < 4.78 is 9.37. The molecule has 0 aliphatic heterocycles. The van der Waals surface area contributed by atoms with Crippen molar-refractivity contribution in [3.8, 4) is 0 Å². The number of ether oxygens (including phenoxy) is 2. The Balaban J connectivity index is 3.89. The van der Waals surface area contributed by atoms with Gasteiger partial charge in [0.15, 0.2) is 0 Å². The minimum Gasteiger partial charge on any atom is -0.438 e. The molecule has 0 aromatic rings. The van der Waals surface area contributed by atoms with Crippen LogP contribution in [-0.4, -0.2) is 19.4 Å². The molecule has 1 atom stereocenters. The highest BCUT2D eigenvalue weighted by Gasteiger charge is 2.10. The third kappa shape index (κ3) is 6.32. The fourth-order valence-corrected chi connectivity index (χ4v) is 1.07. The van der Waals surface area contributed by atoms with Crippen molar-refractivity contribution in [2.45, 2.75) is 38.7 Å². The minimum atomic E-state index is -0.655. The van der Waals surface area contributed by atoms with E-state index in [0.29, 0.717) is 0 Å². The van der Waals surface area contributed by atoms with Gasteiger partial charge in [-0.3, -0.25) is 0 Å². The first-order chi connectivity index (χ1) is 6.74. The van der Waals surface area contributed by atoms with E-state index in [0.717, 1.165) is 25.7 Å². The van der Waals surface area contributed by atoms with Gasteiger partial charge in [0, 0.05) is 0 Å². The number of carbonyl (C=O) groups excluding carboxylic acids is 1. The molecule has 0 aromatic heterocycles. The van der Waals surface area contributed by atoms with Gasteiger partial charge in [0.05, 0.1) is 7.11 Å². The summed E-state index contributed by atoms with van der Waals surface area (Å²) in [6.45, 7) is 5.57. The Morgan fingerprint density at radius 1 is 1.57 bits per heavy atom. The van der Waals surface area contributed by atoms with Crippen molar-refractivity contribution in [2.75, 3.05) is 7.11 Å². The van der Waals surface area contributed by atoms with Gasteiger partial charge in [0.2, 0.25) is 0 Å². The van der Waals surface area contributed by atoms with Gasteiger partial charge in [0.25, 0.3) is 0 Å². The van der Waals surface area contributed by atoms with Gasteiger partial charge in [-0.2, -0.15) is 0 Å². The smallest absolute Gasteiger partial charge is 0.438 e. The van der Waals surface area contributed by atoms with E-state index in [1.54, 1.807) is 6.08 Å². The normalized spacial score (nSPS) is 11.3. The first-order valence-corrected chi connectivity index (χ1v) is 4.85. The molecule has 3 heteroatoms. The van der Waals surface area contributed by atoms with Crippen LogP contribution in [-0.2, 0) is 9.47 Å². The van der Waals surface area contributed by atoms with Crippen LogP contribution in [0.2, 0.25) is 0 Å². The Hall–Kier alpha value is -1.21. The highest BCUT2D eigenvalue weighted by molar-refractivity contribution is 5.60. The first-order valence-electron chi connectivity index (χ1n) is 4.85. The zero-order valence-corrected chi connectivity index (χ0v) is 8.91. The summed E-state index contributed by atoms with van der Waals surface area (Å²) in [4.78, 5) is 10.8. The summed E-state index contributed by atoms with van der Waals surface area (Å²) in [5.74, 6) is 0. The summed E-state index contributed by atoms with van der Waals surface area (Å²) in [7, 11) is 1.29. The number of carbonyl (C=O) groups is 1. The average molecular weight is 198 g/mol. The number of rotatable bonds is 6. The lowest BCUT2D eigenvalue weighted by Crippen LogP contribution is -2.15. The van der Waals surface area contributed by atoms with E-state index in [9.17, 15) is 4.79 Å². The molecule has 1 unspecified atom stereocenters. The van der Waals surface area contributed by atoms with Gasteiger partial charge < -0.3 is 9.47 Å². The molecule has 0 spiro atoms. The second kappa shape index (κ2) is 8.39. The predicted octanol–water partition coefficient (Wildman–Crippen LogP) is 3.06. The maximum absolute atomic E-state index is 10.8. The SMILES string of the molecule is C=C=CC(CCCCC)OC(=O)OC. The summed E-state index contributed by atoms with van der Waals surface area (Å²) in [5.41, 5.74) is 2.62. The quantitative estimate of drug-likeness (QED) is 0.374. The zero-order chi connectivity index (χ0) is 10.8. The molecule has 0 aliphatic rings. The lowest BCUT2D eigenvalue weighted by molar-refractivity contribution is 0.0493. The lowest BCUT2D eigenvalue weighted by Gasteiger charge is -2.11. The molecule has 0 bridgehead atoms. The molecule has 0 amide bonds.